The molecule has 1 rings (SSSR count). The van der Waals surface area contributed by atoms with Crippen molar-refractivity contribution in [3.8, 4) is 0 Å². The van der Waals surface area contributed by atoms with Crippen molar-refractivity contribution in [2.24, 2.45) is 5.92 Å². The molecule has 0 aromatic carbocycles. The molecule has 1 heterocycles. The lowest BCUT2D eigenvalue weighted by Crippen LogP contribution is -2.48. The van der Waals surface area contributed by atoms with Crippen LogP contribution in [0.15, 0.2) is 0 Å². The molecule has 1 aliphatic rings. The van der Waals surface area contributed by atoms with Crippen molar-refractivity contribution < 1.29 is 19.4 Å². The first kappa shape index (κ1) is 15.8. The molecule has 0 aromatic rings. The molecule has 6 heteroatoms. The first-order valence-corrected chi connectivity index (χ1v) is 6.70. The monoisotopic (exact) mass is 272 g/mol. The number of nitrogens with one attached hydrogen (secondary N) is 2. The maximum atomic E-state index is 11.7. The number of aliphatic carboxylic acids is 1. The van der Waals surface area contributed by atoms with Crippen molar-refractivity contribution in [1.29, 1.82) is 0 Å². The first-order valence-electron chi connectivity index (χ1n) is 6.70. The topological polar surface area (TPSA) is 87.7 Å². The van der Waals surface area contributed by atoms with Crippen LogP contribution >= 0.6 is 0 Å². The smallest absolute Gasteiger partial charge is 0.407 e. The third-order valence-corrected chi connectivity index (χ3v) is 3.00. The minimum Gasteiger partial charge on any atom is -0.481 e. The molecule has 0 spiro atoms. The quantitative estimate of drug-likeness (QED) is 0.719. The van der Waals surface area contributed by atoms with Gasteiger partial charge in [0.1, 0.15) is 5.60 Å². The summed E-state index contributed by atoms with van der Waals surface area (Å²) in [7, 11) is 0. The molecule has 1 saturated heterocycles. The van der Waals surface area contributed by atoms with Crippen molar-refractivity contribution in [2.75, 3.05) is 13.1 Å². The average Bonchev–Trinajstić information content (AvgIpc) is 2.26. The molecule has 1 fully saturated rings. The maximum absolute atomic E-state index is 11.7. The number of hydrogen-bond acceptors (Lipinski definition) is 4. The van der Waals surface area contributed by atoms with Gasteiger partial charge in [-0.2, -0.15) is 0 Å². The molecule has 0 aromatic heterocycles. The zero-order valence-electron chi connectivity index (χ0n) is 11.9. The van der Waals surface area contributed by atoms with Gasteiger partial charge in [0.2, 0.25) is 0 Å². The molecule has 0 unspecified atom stereocenters. The minimum absolute atomic E-state index is 0.0778. The Bertz CT molecular complexity index is 319. The third kappa shape index (κ3) is 6.42. The normalized spacial score (nSPS) is 21.5. The highest BCUT2D eigenvalue weighted by atomic mass is 16.6. The van der Waals surface area contributed by atoms with E-state index in [-0.39, 0.29) is 18.4 Å². The van der Waals surface area contributed by atoms with Gasteiger partial charge in [-0.05, 0) is 52.6 Å². The number of amides is 1. The number of piperidine rings is 1. The van der Waals surface area contributed by atoms with Gasteiger partial charge in [-0.1, -0.05) is 0 Å². The summed E-state index contributed by atoms with van der Waals surface area (Å²) >= 11 is 0. The maximum Gasteiger partial charge on any atom is 0.407 e. The molecule has 1 aliphatic heterocycles. The second-order valence-corrected chi connectivity index (χ2v) is 5.96. The molecule has 110 valence electrons. The summed E-state index contributed by atoms with van der Waals surface area (Å²) in [5.74, 6) is -0.774. The Morgan fingerprint density at radius 2 is 2.16 bits per heavy atom. The molecule has 6 nitrogen and oxygen atoms in total. The van der Waals surface area contributed by atoms with Crippen LogP contribution in [0.3, 0.4) is 0 Å². The summed E-state index contributed by atoms with van der Waals surface area (Å²) < 4.78 is 5.18. The number of carboxylic acid groups (broad SMARTS) is 1. The Hall–Kier alpha value is -1.30. The molecular weight excluding hydrogens is 248 g/mol. The fraction of sp³-hybridized carbons (Fsp3) is 0.846. The van der Waals surface area contributed by atoms with E-state index in [0.29, 0.717) is 0 Å². The van der Waals surface area contributed by atoms with Crippen LogP contribution in [0, 0.1) is 5.92 Å². The van der Waals surface area contributed by atoms with Crippen LogP contribution in [0.4, 0.5) is 4.79 Å². The van der Waals surface area contributed by atoms with Crippen LogP contribution in [0.5, 0.6) is 0 Å². The standard InChI is InChI=1S/C13H24N2O4/c1-13(2,3)19-12(18)15-10(7-11(16)17)9-5-4-6-14-8-9/h9-10,14H,4-8H2,1-3H3,(H,15,18)(H,16,17)/t9-,10-/m1/s1. The Morgan fingerprint density at radius 1 is 1.47 bits per heavy atom. The lowest BCUT2D eigenvalue weighted by molar-refractivity contribution is -0.137. The largest absolute Gasteiger partial charge is 0.481 e. The number of hydrogen-bond donors (Lipinski definition) is 3. The number of carbonyl (C=O) groups excluding carboxylic acids is 1. The third-order valence-electron chi connectivity index (χ3n) is 3.00. The molecule has 0 radical (unpaired) electrons. The summed E-state index contributed by atoms with van der Waals surface area (Å²) in [5.41, 5.74) is -0.581. The van der Waals surface area contributed by atoms with Gasteiger partial charge in [-0.15, -0.1) is 0 Å². The van der Waals surface area contributed by atoms with E-state index in [1.54, 1.807) is 20.8 Å². The SMILES string of the molecule is CC(C)(C)OC(=O)N[C@H](CC(=O)O)[C@@H]1CCCNC1. The van der Waals surface area contributed by atoms with E-state index in [9.17, 15) is 9.59 Å². The van der Waals surface area contributed by atoms with E-state index in [1.807, 2.05) is 0 Å². The van der Waals surface area contributed by atoms with Gasteiger partial charge in [-0.25, -0.2) is 4.79 Å². The first-order chi connectivity index (χ1) is 8.78. The lowest BCUT2D eigenvalue weighted by atomic mass is 9.90. The molecule has 19 heavy (non-hydrogen) atoms. The molecule has 3 N–H and O–H groups in total. The molecule has 0 aliphatic carbocycles. The van der Waals surface area contributed by atoms with E-state index in [4.69, 9.17) is 9.84 Å². The van der Waals surface area contributed by atoms with E-state index in [1.165, 1.54) is 0 Å². The number of ether oxygens (including phenoxy) is 1. The summed E-state index contributed by atoms with van der Waals surface area (Å²) in [4.78, 5) is 22.7. The highest BCUT2D eigenvalue weighted by Gasteiger charge is 2.28. The number of alkyl carbamates (subject to hydrolysis) is 1. The molecule has 0 saturated carbocycles. The van der Waals surface area contributed by atoms with Crippen molar-refractivity contribution in [2.45, 2.75) is 51.7 Å². The second kappa shape index (κ2) is 6.75. The second-order valence-electron chi connectivity index (χ2n) is 5.96. The van der Waals surface area contributed by atoms with Gasteiger partial charge < -0.3 is 20.5 Å². The van der Waals surface area contributed by atoms with E-state index < -0.39 is 17.7 Å². The predicted octanol–water partition coefficient (Wildman–Crippen LogP) is 1.35. The fourth-order valence-electron chi connectivity index (χ4n) is 2.20. The molecule has 2 atom stereocenters. The van der Waals surface area contributed by atoms with Gasteiger partial charge in [0.25, 0.3) is 0 Å². The van der Waals surface area contributed by atoms with Crippen LogP contribution in [0.25, 0.3) is 0 Å². The van der Waals surface area contributed by atoms with Gasteiger partial charge in [0.15, 0.2) is 0 Å². The van der Waals surface area contributed by atoms with Crippen molar-refractivity contribution in [3.05, 3.63) is 0 Å². The highest BCUT2D eigenvalue weighted by molar-refractivity contribution is 5.71. The Labute approximate surface area is 113 Å². The van der Waals surface area contributed by atoms with Gasteiger partial charge in [0.05, 0.1) is 6.42 Å². The van der Waals surface area contributed by atoms with Crippen LogP contribution in [-0.2, 0) is 9.53 Å². The van der Waals surface area contributed by atoms with E-state index in [0.717, 1.165) is 25.9 Å². The summed E-state index contributed by atoms with van der Waals surface area (Å²) in [6, 6.07) is -0.389. The van der Waals surface area contributed by atoms with Crippen LogP contribution in [-0.4, -0.2) is 41.9 Å². The number of rotatable bonds is 4. The zero-order chi connectivity index (χ0) is 14.5. The Kier molecular flexibility index (Phi) is 5.60. The number of carboxylic acids is 1. The van der Waals surface area contributed by atoms with Crippen molar-refractivity contribution in [1.82, 2.24) is 10.6 Å². The zero-order valence-corrected chi connectivity index (χ0v) is 11.9. The highest BCUT2D eigenvalue weighted by Crippen LogP contribution is 2.18. The Morgan fingerprint density at radius 3 is 2.63 bits per heavy atom. The van der Waals surface area contributed by atoms with Crippen molar-refractivity contribution >= 4 is 12.1 Å². The molecule has 1 amide bonds. The van der Waals surface area contributed by atoms with E-state index >= 15 is 0 Å². The van der Waals surface area contributed by atoms with Crippen molar-refractivity contribution in [3.63, 3.8) is 0 Å². The van der Waals surface area contributed by atoms with E-state index in [2.05, 4.69) is 10.6 Å². The molecule has 0 bridgehead atoms. The minimum atomic E-state index is -0.911. The van der Waals surface area contributed by atoms with Gasteiger partial charge >= 0.3 is 12.1 Å². The fourth-order valence-corrected chi connectivity index (χ4v) is 2.20. The van der Waals surface area contributed by atoms with Crippen LogP contribution in [0.2, 0.25) is 0 Å². The number of carbonyl (C=O) groups is 2. The summed E-state index contributed by atoms with van der Waals surface area (Å²) in [5, 5.41) is 14.9. The summed E-state index contributed by atoms with van der Waals surface area (Å²) in [6.45, 7) is 7.01. The lowest BCUT2D eigenvalue weighted by Gasteiger charge is -2.31. The Balaban J connectivity index is 2.58. The van der Waals surface area contributed by atoms with Gasteiger partial charge in [0, 0.05) is 6.04 Å². The summed E-state index contributed by atoms with van der Waals surface area (Å²) in [6.07, 6.45) is 1.28. The molecular formula is C13H24N2O4. The van der Waals surface area contributed by atoms with Crippen LogP contribution in [0.1, 0.15) is 40.0 Å². The predicted molar refractivity (Wildman–Crippen MR) is 71.0 cm³/mol. The average molecular weight is 272 g/mol. The van der Waals surface area contributed by atoms with Crippen LogP contribution < -0.4 is 10.6 Å². The van der Waals surface area contributed by atoms with Gasteiger partial charge in [-0.3, -0.25) is 4.79 Å².